The van der Waals surface area contributed by atoms with Crippen molar-refractivity contribution in [1.29, 1.82) is 0 Å². The average Bonchev–Trinajstić information content (AvgIpc) is 2.64. The van der Waals surface area contributed by atoms with Crippen LogP contribution in [0.1, 0.15) is 15.9 Å². The zero-order valence-corrected chi connectivity index (χ0v) is 9.51. The van der Waals surface area contributed by atoms with E-state index in [1.54, 1.807) is 20.0 Å². The van der Waals surface area contributed by atoms with E-state index >= 15 is 0 Å². The molecular formula is C11H12N4O2. The molecule has 1 aromatic carbocycles. The standard InChI is InChI=1S/C11H12N4O2/c1-7-5-8(16)3-4-9(7)10(17)14-11-12-6-13-15(11)2/h3-6,16H,1-2H3,(H,12,13,14,17). The van der Waals surface area contributed by atoms with Crippen LogP contribution in [0.5, 0.6) is 5.75 Å². The Kier molecular flexibility index (Phi) is 2.78. The average molecular weight is 232 g/mol. The van der Waals surface area contributed by atoms with Crippen LogP contribution < -0.4 is 5.32 Å². The maximum absolute atomic E-state index is 11.9. The number of phenols is 1. The molecule has 0 unspecified atom stereocenters. The zero-order chi connectivity index (χ0) is 12.4. The zero-order valence-electron chi connectivity index (χ0n) is 9.51. The largest absolute Gasteiger partial charge is 0.508 e. The molecule has 0 aliphatic rings. The molecule has 17 heavy (non-hydrogen) atoms. The molecule has 1 aromatic heterocycles. The Labute approximate surface area is 97.9 Å². The molecule has 88 valence electrons. The van der Waals surface area contributed by atoms with Gasteiger partial charge in [-0.1, -0.05) is 0 Å². The molecule has 0 aliphatic heterocycles. The molecular weight excluding hydrogens is 220 g/mol. The van der Waals surface area contributed by atoms with E-state index in [4.69, 9.17) is 0 Å². The second kappa shape index (κ2) is 4.25. The number of benzene rings is 1. The topological polar surface area (TPSA) is 80.0 Å². The molecule has 0 spiro atoms. The summed E-state index contributed by atoms with van der Waals surface area (Å²) in [4.78, 5) is 15.8. The number of aryl methyl sites for hydroxylation is 2. The minimum Gasteiger partial charge on any atom is -0.508 e. The van der Waals surface area contributed by atoms with E-state index in [9.17, 15) is 9.90 Å². The predicted octanol–water partition coefficient (Wildman–Crippen LogP) is 1.08. The fraction of sp³-hybridized carbons (Fsp3) is 0.182. The van der Waals surface area contributed by atoms with Crippen molar-refractivity contribution in [2.75, 3.05) is 5.32 Å². The second-order valence-electron chi connectivity index (χ2n) is 3.66. The molecule has 0 saturated carbocycles. The van der Waals surface area contributed by atoms with Crippen LogP contribution in [-0.4, -0.2) is 25.8 Å². The summed E-state index contributed by atoms with van der Waals surface area (Å²) in [6.45, 7) is 1.76. The van der Waals surface area contributed by atoms with Crippen molar-refractivity contribution >= 4 is 11.9 Å². The van der Waals surface area contributed by atoms with E-state index in [2.05, 4.69) is 15.4 Å². The first-order valence-corrected chi connectivity index (χ1v) is 5.03. The number of hydrogen-bond acceptors (Lipinski definition) is 4. The van der Waals surface area contributed by atoms with Gasteiger partial charge in [0, 0.05) is 12.6 Å². The van der Waals surface area contributed by atoms with Gasteiger partial charge in [-0.05, 0) is 30.7 Å². The summed E-state index contributed by atoms with van der Waals surface area (Å²) in [5.41, 5.74) is 1.19. The smallest absolute Gasteiger partial charge is 0.258 e. The van der Waals surface area contributed by atoms with Crippen molar-refractivity contribution in [3.05, 3.63) is 35.7 Å². The summed E-state index contributed by atoms with van der Waals surface area (Å²) in [7, 11) is 1.69. The maximum Gasteiger partial charge on any atom is 0.258 e. The molecule has 0 bridgehead atoms. The van der Waals surface area contributed by atoms with E-state index in [0.717, 1.165) is 0 Å². The van der Waals surface area contributed by atoms with Gasteiger partial charge in [0.15, 0.2) is 0 Å². The van der Waals surface area contributed by atoms with Crippen molar-refractivity contribution in [2.24, 2.45) is 7.05 Å². The number of carbonyl (C=O) groups excluding carboxylic acids is 1. The van der Waals surface area contributed by atoms with Gasteiger partial charge in [-0.2, -0.15) is 10.1 Å². The first kappa shape index (κ1) is 11.1. The van der Waals surface area contributed by atoms with Gasteiger partial charge in [-0.15, -0.1) is 0 Å². The number of anilines is 1. The lowest BCUT2D eigenvalue weighted by Crippen LogP contribution is -2.16. The Bertz CT molecular complexity index is 562. The Morgan fingerprint density at radius 2 is 2.24 bits per heavy atom. The van der Waals surface area contributed by atoms with Crippen LogP contribution >= 0.6 is 0 Å². The van der Waals surface area contributed by atoms with Crippen molar-refractivity contribution in [3.8, 4) is 5.75 Å². The number of aromatic nitrogens is 3. The Morgan fingerprint density at radius 3 is 2.82 bits per heavy atom. The van der Waals surface area contributed by atoms with Gasteiger partial charge in [-0.25, -0.2) is 4.68 Å². The van der Waals surface area contributed by atoms with Crippen molar-refractivity contribution in [3.63, 3.8) is 0 Å². The first-order chi connectivity index (χ1) is 8.08. The highest BCUT2D eigenvalue weighted by Crippen LogP contribution is 2.16. The van der Waals surface area contributed by atoms with Crippen molar-refractivity contribution < 1.29 is 9.90 Å². The molecule has 0 radical (unpaired) electrons. The van der Waals surface area contributed by atoms with Crippen molar-refractivity contribution in [1.82, 2.24) is 14.8 Å². The minimum absolute atomic E-state index is 0.137. The third kappa shape index (κ3) is 2.25. The third-order valence-electron chi connectivity index (χ3n) is 2.39. The lowest BCUT2D eigenvalue weighted by molar-refractivity contribution is 0.102. The SMILES string of the molecule is Cc1cc(O)ccc1C(=O)Nc1ncnn1C. The highest BCUT2D eigenvalue weighted by Gasteiger charge is 2.11. The number of nitrogens with zero attached hydrogens (tertiary/aromatic N) is 3. The van der Waals surface area contributed by atoms with E-state index in [0.29, 0.717) is 17.1 Å². The molecule has 0 aliphatic carbocycles. The molecule has 2 N–H and O–H groups in total. The number of phenolic OH excluding ortho intramolecular Hbond substituents is 1. The van der Waals surface area contributed by atoms with Crippen LogP contribution in [0, 0.1) is 6.92 Å². The van der Waals surface area contributed by atoms with Gasteiger partial charge in [-0.3, -0.25) is 10.1 Å². The quantitative estimate of drug-likeness (QED) is 0.812. The van der Waals surface area contributed by atoms with Crippen molar-refractivity contribution in [2.45, 2.75) is 6.92 Å². The Morgan fingerprint density at radius 1 is 1.47 bits per heavy atom. The first-order valence-electron chi connectivity index (χ1n) is 5.03. The van der Waals surface area contributed by atoms with Crippen LogP contribution in [0.25, 0.3) is 0 Å². The van der Waals surface area contributed by atoms with Gasteiger partial charge >= 0.3 is 0 Å². The molecule has 0 saturated heterocycles. The van der Waals surface area contributed by atoms with Gasteiger partial charge in [0.25, 0.3) is 5.91 Å². The highest BCUT2D eigenvalue weighted by molar-refractivity contribution is 6.04. The number of nitrogens with one attached hydrogen (secondary N) is 1. The molecule has 6 heteroatoms. The molecule has 2 aromatic rings. The fourth-order valence-corrected chi connectivity index (χ4v) is 1.48. The summed E-state index contributed by atoms with van der Waals surface area (Å²) < 4.78 is 1.47. The van der Waals surface area contributed by atoms with Crippen LogP contribution in [0.2, 0.25) is 0 Å². The lowest BCUT2D eigenvalue weighted by atomic mass is 10.1. The molecule has 0 atom stereocenters. The van der Waals surface area contributed by atoms with E-state index < -0.39 is 0 Å². The van der Waals surface area contributed by atoms with E-state index in [1.165, 1.54) is 23.1 Å². The number of carbonyl (C=O) groups is 1. The number of hydrogen-bond donors (Lipinski definition) is 2. The maximum atomic E-state index is 11.9. The Hall–Kier alpha value is -2.37. The summed E-state index contributed by atoms with van der Waals surface area (Å²) in [6.07, 6.45) is 1.36. The lowest BCUT2D eigenvalue weighted by Gasteiger charge is -2.06. The highest BCUT2D eigenvalue weighted by atomic mass is 16.3. The predicted molar refractivity (Wildman–Crippen MR) is 61.8 cm³/mol. The molecule has 2 rings (SSSR count). The fourth-order valence-electron chi connectivity index (χ4n) is 1.48. The van der Waals surface area contributed by atoms with Crippen LogP contribution in [0.3, 0.4) is 0 Å². The van der Waals surface area contributed by atoms with Crippen LogP contribution in [0.4, 0.5) is 5.95 Å². The van der Waals surface area contributed by atoms with Crippen LogP contribution in [0.15, 0.2) is 24.5 Å². The molecule has 1 heterocycles. The van der Waals surface area contributed by atoms with Gasteiger partial charge < -0.3 is 5.11 Å². The number of aromatic hydroxyl groups is 1. The van der Waals surface area contributed by atoms with E-state index in [-0.39, 0.29) is 11.7 Å². The Balaban J connectivity index is 2.23. The summed E-state index contributed by atoms with van der Waals surface area (Å²) in [5, 5.41) is 15.7. The summed E-state index contributed by atoms with van der Waals surface area (Å²) in [5.74, 6) is 0.235. The molecule has 1 amide bonds. The minimum atomic E-state index is -0.279. The van der Waals surface area contributed by atoms with Crippen LogP contribution in [-0.2, 0) is 7.05 Å². The van der Waals surface area contributed by atoms with E-state index in [1.807, 2.05) is 0 Å². The van der Waals surface area contributed by atoms with Gasteiger partial charge in [0.05, 0.1) is 0 Å². The molecule has 6 nitrogen and oxygen atoms in total. The number of rotatable bonds is 2. The third-order valence-corrected chi connectivity index (χ3v) is 2.39. The summed E-state index contributed by atoms with van der Waals surface area (Å²) in [6, 6.07) is 4.57. The number of amides is 1. The monoisotopic (exact) mass is 232 g/mol. The van der Waals surface area contributed by atoms with Gasteiger partial charge in [0.1, 0.15) is 12.1 Å². The molecule has 0 fully saturated rings. The normalized spacial score (nSPS) is 10.2. The van der Waals surface area contributed by atoms with Gasteiger partial charge in [0.2, 0.25) is 5.95 Å². The summed E-state index contributed by atoms with van der Waals surface area (Å²) >= 11 is 0. The second-order valence-corrected chi connectivity index (χ2v) is 3.66.